The predicted molar refractivity (Wildman–Crippen MR) is 91.7 cm³/mol. The molecule has 1 atom stereocenters. The number of benzene rings is 1. The number of anilines is 1. The highest BCUT2D eigenvalue weighted by atomic mass is 16.5. The number of ether oxygens (including phenoxy) is 1. The van der Waals surface area contributed by atoms with Gasteiger partial charge in [0.1, 0.15) is 17.9 Å². The molecule has 122 valence electrons. The zero-order valence-electron chi connectivity index (χ0n) is 13.8. The van der Waals surface area contributed by atoms with E-state index < -0.39 is 0 Å². The van der Waals surface area contributed by atoms with Crippen LogP contribution in [-0.2, 0) is 6.54 Å². The van der Waals surface area contributed by atoms with Crippen LogP contribution in [0.15, 0.2) is 36.7 Å². The van der Waals surface area contributed by atoms with Gasteiger partial charge in [0.2, 0.25) is 0 Å². The third-order valence-corrected chi connectivity index (χ3v) is 4.25. The van der Waals surface area contributed by atoms with Gasteiger partial charge in [-0.05, 0) is 32.4 Å². The van der Waals surface area contributed by atoms with E-state index in [9.17, 15) is 0 Å². The second kappa shape index (κ2) is 7.42. The SMILES string of the molecule is COc1ccccc1CN1CCCC(Nc2cc(C)ncn2)C1. The predicted octanol–water partition coefficient (Wildman–Crippen LogP) is 2.87. The van der Waals surface area contributed by atoms with Crippen molar-refractivity contribution in [2.24, 2.45) is 0 Å². The molecule has 0 spiro atoms. The Morgan fingerprint density at radius 2 is 2.17 bits per heavy atom. The second-order valence-corrected chi connectivity index (χ2v) is 6.08. The van der Waals surface area contributed by atoms with Crippen LogP contribution in [0, 0.1) is 6.92 Å². The summed E-state index contributed by atoms with van der Waals surface area (Å²) in [5.74, 6) is 1.88. The maximum atomic E-state index is 5.46. The third-order valence-electron chi connectivity index (χ3n) is 4.25. The standard InChI is InChI=1S/C18H24N4O/c1-14-10-18(20-13-19-14)21-16-7-5-9-22(12-16)11-15-6-3-4-8-17(15)23-2/h3-4,6,8,10,13,16H,5,7,9,11-12H2,1-2H3,(H,19,20,21). The highest BCUT2D eigenvalue weighted by molar-refractivity contribution is 5.36. The van der Waals surface area contributed by atoms with Gasteiger partial charge in [0.15, 0.2) is 0 Å². The van der Waals surface area contributed by atoms with Crippen LogP contribution in [0.3, 0.4) is 0 Å². The van der Waals surface area contributed by atoms with E-state index in [1.165, 1.54) is 18.4 Å². The molecule has 2 heterocycles. The second-order valence-electron chi connectivity index (χ2n) is 6.08. The van der Waals surface area contributed by atoms with Crippen LogP contribution < -0.4 is 10.1 Å². The monoisotopic (exact) mass is 312 g/mol. The molecule has 5 heteroatoms. The Bertz CT molecular complexity index is 646. The first-order chi connectivity index (χ1) is 11.2. The molecule has 0 radical (unpaired) electrons. The lowest BCUT2D eigenvalue weighted by molar-refractivity contribution is 0.206. The van der Waals surface area contributed by atoms with Gasteiger partial charge in [-0.3, -0.25) is 4.90 Å². The highest BCUT2D eigenvalue weighted by Gasteiger charge is 2.21. The molecule has 0 amide bonds. The van der Waals surface area contributed by atoms with Gasteiger partial charge in [-0.1, -0.05) is 18.2 Å². The summed E-state index contributed by atoms with van der Waals surface area (Å²) in [5, 5.41) is 3.54. The van der Waals surface area contributed by atoms with E-state index in [2.05, 4.69) is 32.3 Å². The van der Waals surface area contributed by atoms with Crippen molar-refractivity contribution in [3.8, 4) is 5.75 Å². The van der Waals surface area contributed by atoms with Gasteiger partial charge in [-0.2, -0.15) is 0 Å². The summed E-state index contributed by atoms with van der Waals surface area (Å²) in [6.07, 6.45) is 3.98. The quantitative estimate of drug-likeness (QED) is 0.920. The summed E-state index contributed by atoms with van der Waals surface area (Å²) in [6.45, 7) is 5.05. The zero-order chi connectivity index (χ0) is 16.1. The van der Waals surface area contributed by atoms with Gasteiger partial charge in [0.05, 0.1) is 7.11 Å². The lowest BCUT2D eigenvalue weighted by Gasteiger charge is -2.33. The van der Waals surface area contributed by atoms with Crippen molar-refractivity contribution in [2.45, 2.75) is 32.4 Å². The largest absolute Gasteiger partial charge is 0.496 e. The maximum absolute atomic E-state index is 5.46. The molecule has 23 heavy (non-hydrogen) atoms. The van der Waals surface area contributed by atoms with Crippen molar-refractivity contribution < 1.29 is 4.74 Å². The van der Waals surface area contributed by atoms with Gasteiger partial charge < -0.3 is 10.1 Å². The Hall–Kier alpha value is -2.14. The minimum atomic E-state index is 0.424. The van der Waals surface area contributed by atoms with E-state index in [4.69, 9.17) is 4.74 Å². The average Bonchev–Trinajstić information content (AvgIpc) is 2.56. The first kappa shape index (κ1) is 15.7. The zero-order valence-corrected chi connectivity index (χ0v) is 13.8. The first-order valence-corrected chi connectivity index (χ1v) is 8.14. The van der Waals surface area contributed by atoms with Crippen molar-refractivity contribution in [1.82, 2.24) is 14.9 Å². The van der Waals surface area contributed by atoms with E-state index in [-0.39, 0.29) is 0 Å². The Labute approximate surface area is 137 Å². The topological polar surface area (TPSA) is 50.3 Å². The van der Waals surface area contributed by atoms with Crippen LogP contribution >= 0.6 is 0 Å². The number of nitrogens with one attached hydrogen (secondary N) is 1. The lowest BCUT2D eigenvalue weighted by atomic mass is 10.0. The summed E-state index contributed by atoms with van der Waals surface area (Å²) >= 11 is 0. The van der Waals surface area contributed by atoms with Crippen LogP contribution in [-0.4, -0.2) is 41.1 Å². The highest BCUT2D eigenvalue weighted by Crippen LogP contribution is 2.22. The number of nitrogens with zero attached hydrogens (tertiary/aromatic N) is 3. The van der Waals surface area contributed by atoms with Crippen molar-refractivity contribution in [1.29, 1.82) is 0 Å². The van der Waals surface area contributed by atoms with Crippen molar-refractivity contribution >= 4 is 5.82 Å². The summed E-state index contributed by atoms with van der Waals surface area (Å²) in [4.78, 5) is 10.9. The molecule has 2 aromatic rings. The molecule has 1 fully saturated rings. The van der Waals surface area contributed by atoms with E-state index in [1.54, 1.807) is 13.4 Å². The number of hydrogen-bond acceptors (Lipinski definition) is 5. The van der Waals surface area contributed by atoms with E-state index in [1.807, 2.05) is 25.1 Å². The number of aryl methyl sites for hydroxylation is 1. The molecule has 1 aromatic heterocycles. The first-order valence-electron chi connectivity index (χ1n) is 8.14. The molecule has 5 nitrogen and oxygen atoms in total. The van der Waals surface area contributed by atoms with Crippen LogP contribution in [0.1, 0.15) is 24.1 Å². The Morgan fingerprint density at radius 3 is 3.00 bits per heavy atom. The molecule has 3 rings (SSSR count). The fraction of sp³-hybridized carbons (Fsp3) is 0.444. The molecule has 1 aliphatic rings. The summed E-state index contributed by atoms with van der Waals surface area (Å²) in [6, 6.07) is 10.7. The summed E-state index contributed by atoms with van der Waals surface area (Å²) in [7, 11) is 1.73. The average molecular weight is 312 g/mol. The van der Waals surface area contributed by atoms with Crippen LogP contribution in [0.5, 0.6) is 5.75 Å². The molecule has 1 unspecified atom stereocenters. The van der Waals surface area contributed by atoms with Gasteiger partial charge in [-0.15, -0.1) is 0 Å². The Balaban J connectivity index is 1.62. The van der Waals surface area contributed by atoms with Crippen LogP contribution in [0.25, 0.3) is 0 Å². The smallest absolute Gasteiger partial charge is 0.129 e. The fourth-order valence-corrected chi connectivity index (χ4v) is 3.13. The van der Waals surface area contributed by atoms with Crippen molar-refractivity contribution in [2.75, 3.05) is 25.5 Å². The molecule has 1 saturated heterocycles. The summed E-state index contributed by atoms with van der Waals surface area (Å²) < 4.78 is 5.46. The minimum Gasteiger partial charge on any atom is -0.496 e. The molecular formula is C18H24N4O. The number of piperidine rings is 1. The number of hydrogen-bond donors (Lipinski definition) is 1. The third kappa shape index (κ3) is 4.20. The lowest BCUT2D eigenvalue weighted by Crippen LogP contribution is -2.41. The molecule has 0 bridgehead atoms. The number of rotatable bonds is 5. The number of methoxy groups -OCH3 is 1. The van der Waals surface area contributed by atoms with Crippen molar-refractivity contribution in [3.05, 3.63) is 47.9 Å². The molecule has 1 aliphatic heterocycles. The molecule has 1 aromatic carbocycles. The molecular weight excluding hydrogens is 288 g/mol. The normalized spacial score (nSPS) is 18.6. The van der Waals surface area contributed by atoms with Gasteiger partial charge >= 0.3 is 0 Å². The molecule has 0 aliphatic carbocycles. The molecule has 1 N–H and O–H groups in total. The number of likely N-dealkylation sites (tertiary alicyclic amines) is 1. The molecule has 0 saturated carbocycles. The maximum Gasteiger partial charge on any atom is 0.129 e. The van der Waals surface area contributed by atoms with E-state index in [0.717, 1.165) is 36.9 Å². The fourth-order valence-electron chi connectivity index (χ4n) is 3.13. The van der Waals surface area contributed by atoms with E-state index in [0.29, 0.717) is 6.04 Å². The number of para-hydroxylation sites is 1. The van der Waals surface area contributed by atoms with Crippen molar-refractivity contribution in [3.63, 3.8) is 0 Å². The minimum absolute atomic E-state index is 0.424. The summed E-state index contributed by atoms with van der Waals surface area (Å²) in [5.41, 5.74) is 2.23. The van der Waals surface area contributed by atoms with Crippen LogP contribution in [0.2, 0.25) is 0 Å². The van der Waals surface area contributed by atoms with Crippen LogP contribution in [0.4, 0.5) is 5.82 Å². The van der Waals surface area contributed by atoms with Gasteiger partial charge in [0, 0.05) is 36.5 Å². The Kier molecular flexibility index (Phi) is 5.08. The Morgan fingerprint density at radius 1 is 1.30 bits per heavy atom. The van der Waals surface area contributed by atoms with E-state index >= 15 is 0 Å². The van der Waals surface area contributed by atoms with Gasteiger partial charge in [0.25, 0.3) is 0 Å². The van der Waals surface area contributed by atoms with Gasteiger partial charge in [-0.25, -0.2) is 9.97 Å². The number of aromatic nitrogens is 2.